The molecule has 0 fully saturated rings. The molecule has 0 saturated carbocycles. The Morgan fingerprint density at radius 2 is 1.14 bits per heavy atom. The Balaban J connectivity index is 2.34. The van der Waals surface area contributed by atoms with E-state index in [0.717, 1.165) is 0 Å². The van der Waals surface area contributed by atoms with E-state index in [9.17, 15) is 0 Å². The van der Waals surface area contributed by atoms with Gasteiger partial charge in [-0.25, -0.2) is 0 Å². The predicted molar refractivity (Wildman–Crippen MR) is 135 cm³/mol. The van der Waals surface area contributed by atoms with Gasteiger partial charge >= 0.3 is 0 Å². The van der Waals surface area contributed by atoms with Gasteiger partial charge in [-0.1, -0.05) is 101 Å². The van der Waals surface area contributed by atoms with Gasteiger partial charge in [0, 0.05) is 9.75 Å². The molecule has 3 aromatic rings. The van der Waals surface area contributed by atoms with E-state index in [-0.39, 0.29) is 0 Å². The highest BCUT2D eigenvalue weighted by Crippen LogP contribution is 2.46. The number of hydrogen-bond acceptors (Lipinski definition) is 1. The van der Waals surface area contributed by atoms with Crippen molar-refractivity contribution in [1.29, 1.82) is 0 Å². The summed E-state index contributed by atoms with van der Waals surface area (Å²) in [6, 6.07) is 20.6. The summed E-state index contributed by atoms with van der Waals surface area (Å²) in [5, 5.41) is 1.67. The Morgan fingerprint density at radius 1 is 0.655 bits per heavy atom. The molecule has 2 aromatic carbocycles. The Bertz CT molecular complexity index is 956. The largest absolute Gasteiger partial charge is 0.135 e. The van der Waals surface area contributed by atoms with Crippen LogP contribution in [-0.4, -0.2) is 8.07 Å². The third kappa shape index (κ3) is 4.02. The zero-order valence-electron chi connectivity index (χ0n) is 19.3. The third-order valence-electron chi connectivity index (χ3n) is 6.65. The van der Waals surface area contributed by atoms with Gasteiger partial charge in [-0.15, -0.1) is 11.3 Å². The van der Waals surface area contributed by atoms with E-state index in [4.69, 9.17) is 0 Å². The molecule has 3 rings (SSSR count). The molecule has 0 unspecified atom stereocenters. The first kappa shape index (κ1) is 22.1. The monoisotopic (exact) mass is 420 g/mol. The van der Waals surface area contributed by atoms with Gasteiger partial charge in [0.05, 0.1) is 8.07 Å². The minimum absolute atomic E-state index is 0.700. The van der Waals surface area contributed by atoms with Crippen LogP contribution in [0.5, 0.6) is 0 Å². The maximum absolute atomic E-state index is 2.57. The Hall–Kier alpha value is -1.64. The molecule has 0 atom stereocenters. The van der Waals surface area contributed by atoms with Crippen molar-refractivity contribution in [2.45, 2.75) is 72.0 Å². The van der Waals surface area contributed by atoms with Gasteiger partial charge in [0.15, 0.2) is 0 Å². The summed E-state index contributed by atoms with van der Waals surface area (Å²) in [6.45, 7) is 19.2. The fourth-order valence-corrected chi connectivity index (χ4v) is 14.2. The Kier molecular flexibility index (Phi) is 6.55. The first-order chi connectivity index (χ1) is 13.7. The Morgan fingerprint density at radius 3 is 1.62 bits per heavy atom. The van der Waals surface area contributed by atoms with Crippen LogP contribution < -0.4 is 5.19 Å². The first-order valence-corrected chi connectivity index (χ1v) is 14.0. The standard InChI is InChI=1S/C27H36SSi/c1-18(2)29(19(3)4,20(5)6)26-17-25(23-13-9-11-21(7)15-23)28-27(26)24-14-10-12-22(8)16-24/h9-20H,1-8H3. The van der Waals surface area contributed by atoms with Crippen LogP contribution in [0.2, 0.25) is 16.6 Å². The van der Waals surface area contributed by atoms with Crippen molar-refractivity contribution >= 4 is 24.6 Å². The van der Waals surface area contributed by atoms with Crippen molar-refractivity contribution in [2.24, 2.45) is 0 Å². The van der Waals surface area contributed by atoms with Gasteiger partial charge in [0.2, 0.25) is 0 Å². The van der Waals surface area contributed by atoms with E-state index < -0.39 is 8.07 Å². The molecule has 0 amide bonds. The lowest BCUT2D eigenvalue weighted by molar-refractivity contribution is 0.835. The molecule has 1 aromatic heterocycles. The minimum atomic E-state index is -1.76. The summed E-state index contributed by atoms with van der Waals surface area (Å²) >= 11 is 2.00. The van der Waals surface area contributed by atoms with Crippen molar-refractivity contribution in [3.63, 3.8) is 0 Å². The van der Waals surface area contributed by atoms with Crippen LogP contribution in [0.25, 0.3) is 20.9 Å². The average Bonchev–Trinajstić information content (AvgIpc) is 3.07. The second-order valence-corrected chi connectivity index (χ2v) is 16.4. The number of benzene rings is 2. The summed E-state index contributed by atoms with van der Waals surface area (Å²) < 4.78 is 0. The van der Waals surface area contributed by atoms with Crippen LogP contribution in [0.3, 0.4) is 0 Å². The SMILES string of the molecule is Cc1cccc(-c2cc([Si](C(C)C)(C(C)C)C(C)C)c(-c3cccc(C)c3)s2)c1. The average molecular weight is 421 g/mol. The number of aryl methyl sites for hydroxylation is 2. The third-order valence-corrected chi connectivity index (χ3v) is 15.1. The predicted octanol–water partition coefficient (Wildman–Crippen LogP) is 8.58. The zero-order chi connectivity index (χ0) is 21.3. The molecule has 0 spiro atoms. The first-order valence-electron chi connectivity index (χ1n) is 11.0. The van der Waals surface area contributed by atoms with E-state index in [1.807, 2.05) is 11.3 Å². The highest BCUT2D eigenvalue weighted by atomic mass is 32.1. The van der Waals surface area contributed by atoms with Gasteiger partial charge in [0.25, 0.3) is 0 Å². The molecule has 1 heterocycles. The van der Waals surface area contributed by atoms with E-state index in [1.165, 1.54) is 32.0 Å². The maximum Gasteiger partial charge on any atom is 0.0961 e. The molecule has 0 nitrogen and oxygen atoms in total. The van der Waals surface area contributed by atoms with E-state index in [0.29, 0.717) is 16.6 Å². The summed E-state index contributed by atoms with van der Waals surface area (Å²) in [5.41, 5.74) is 7.51. The molecule has 0 N–H and O–H groups in total. The van der Waals surface area contributed by atoms with Gasteiger partial charge in [-0.2, -0.15) is 0 Å². The van der Waals surface area contributed by atoms with E-state index in [2.05, 4.69) is 110 Å². The van der Waals surface area contributed by atoms with Crippen LogP contribution in [0.1, 0.15) is 52.7 Å². The van der Waals surface area contributed by atoms with Crippen molar-refractivity contribution in [2.75, 3.05) is 0 Å². The number of hydrogen-bond donors (Lipinski definition) is 0. The summed E-state index contributed by atoms with van der Waals surface area (Å²) in [7, 11) is -1.76. The van der Waals surface area contributed by atoms with Crippen LogP contribution in [0, 0.1) is 13.8 Å². The molecular weight excluding hydrogens is 384 g/mol. The fourth-order valence-electron chi connectivity index (χ4n) is 5.59. The van der Waals surface area contributed by atoms with E-state index >= 15 is 0 Å². The number of thiophene rings is 1. The van der Waals surface area contributed by atoms with Gasteiger partial charge in [-0.05, 0) is 52.9 Å². The van der Waals surface area contributed by atoms with Crippen LogP contribution in [0.4, 0.5) is 0 Å². The number of rotatable bonds is 6. The molecule has 2 heteroatoms. The zero-order valence-corrected chi connectivity index (χ0v) is 21.2. The van der Waals surface area contributed by atoms with Gasteiger partial charge < -0.3 is 0 Å². The summed E-state index contributed by atoms with van der Waals surface area (Å²) in [6.07, 6.45) is 0. The quantitative estimate of drug-likeness (QED) is 0.350. The molecule has 0 aliphatic rings. The van der Waals surface area contributed by atoms with Crippen molar-refractivity contribution in [1.82, 2.24) is 0 Å². The topological polar surface area (TPSA) is 0 Å². The van der Waals surface area contributed by atoms with Crippen LogP contribution >= 0.6 is 11.3 Å². The van der Waals surface area contributed by atoms with Crippen molar-refractivity contribution < 1.29 is 0 Å². The lowest BCUT2D eigenvalue weighted by Gasteiger charge is -2.43. The molecule has 154 valence electrons. The highest BCUT2D eigenvalue weighted by molar-refractivity contribution is 7.21. The van der Waals surface area contributed by atoms with Crippen molar-refractivity contribution in [3.8, 4) is 20.9 Å². The minimum Gasteiger partial charge on any atom is -0.135 e. The fraction of sp³-hybridized carbons (Fsp3) is 0.407. The second kappa shape index (κ2) is 8.61. The smallest absolute Gasteiger partial charge is 0.0961 e. The molecule has 0 aliphatic carbocycles. The molecule has 29 heavy (non-hydrogen) atoms. The molecule has 0 saturated heterocycles. The lowest BCUT2D eigenvalue weighted by Crippen LogP contribution is -2.55. The maximum atomic E-state index is 2.57. The van der Waals surface area contributed by atoms with Gasteiger partial charge in [-0.3, -0.25) is 0 Å². The Labute approximate surface area is 183 Å². The summed E-state index contributed by atoms with van der Waals surface area (Å²) in [5.74, 6) is 0. The summed E-state index contributed by atoms with van der Waals surface area (Å²) in [4.78, 5) is 2.92. The molecule has 0 bridgehead atoms. The highest BCUT2D eigenvalue weighted by Gasteiger charge is 2.46. The lowest BCUT2D eigenvalue weighted by atomic mass is 10.1. The normalized spacial score (nSPS) is 12.4. The van der Waals surface area contributed by atoms with Crippen molar-refractivity contribution in [3.05, 3.63) is 65.7 Å². The van der Waals surface area contributed by atoms with Crippen LogP contribution in [0.15, 0.2) is 54.6 Å². The van der Waals surface area contributed by atoms with E-state index in [1.54, 1.807) is 5.19 Å². The van der Waals surface area contributed by atoms with Gasteiger partial charge in [0.1, 0.15) is 0 Å². The molecular formula is C27H36SSi. The van der Waals surface area contributed by atoms with Crippen LogP contribution in [-0.2, 0) is 0 Å². The molecule has 0 radical (unpaired) electrons. The molecule has 0 aliphatic heterocycles. The second-order valence-electron chi connectivity index (χ2n) is 9.49.